The Morgan fingerprint density at radius 3 is 2.75 bits per heavy atom. The summed E-state index contributed by atoms with van der Waals surface area (Å²) in [7, 11) is 0. The summed E-state index contributed by atoms with van der Waals surface area (Å²) < 4.78 is 35.6. The number of carbonyl (C=O) groups excluding carboxylic acids is 1. The van der Waals surface area contributed by atoms with E-state index in [1.807, 2.05) is 6.92 Å². The summed E-state index contributed by atoms with van der Waals surface area (Å²) in [6, 6.07) is 0.00184. The normalized spacial score (nSPS) is 26.5. The van der Waals surface area contributed by atoms with Crippen molar-refractivity contribution in [2.45, 2.75) is 38.4 Å². The number of alkyl halides is 3. The van der Waals surface area contributed by atoms with Crippen molar-refractivity contribution in [3.05, 3.63) is 0 Å². The summed E-state index contributed by atoms with van der Waals surface area (Å²) in [5, 5.41) is 5.82. The maximum absolute atomic E-state index is 11.9. The molecular formula is C10H17F3N2O. The minimum Gasteiger partial charge on any atom is -0.353 e. The van der Waals surface area contributed by atoms with Crippen LogP contribution in [0.4, 0.5) is 13.2 Å². The van der Waals surface area contributed by atoms with E-state index in [9.17, 15) is 18.0 Å². The molecule has 0 aliphatic carbocycles. The highest BCUT2D eigenvalue weighted by atomic mass is 19.4. The van der Waals surface area contributed by atoms with E-state index in [1.54, 1.807) is 0 Å². The third-order valence-corrected chi connectivity index (χ3v) is 2.77. The monoisotopic (exact) mass is 238 g/mol. The van der Waals surface area contributed by atoms with Gasteiger partial charge in [0.05, 0.1) is 6.42 Å². The second-order valence-electron chi connectivity index (χ2n) is 4.26. The highest BCUT2D eigenvalue weighted by molar-refractivity contribution is 5.76. The minimum absolute atomic E-state index is 0.00184. The van der Waals surface area contributed by atoms with Crippen molar-refractivity contribution in [3.63, 3.8) is 0 Å². The second-order valence-corrected chi connectivity index (χ2v) is 4.26. The van der Waals surface area contributed by atoms with E-state index < -0.39 is 24.9 Å². The predicted octanol–water partition coefficient (Wildman–Crippen LogP) is 1.44. The van der Waals surface area contributed by atoms with Crippen molar-refractivity contribution in [1.82, 2.24) is 10.6 Å². The molecule has 2 atom stereocenters. The molecule has 1 amide bonds. The molecule has 0 radical (unpaired) electrons. The summed E-state index contributed by atoms with van der Waals surface area (Å²) in [5.41, 5.74) is 0. The molecular weight excluding hydrogens is 221 g/mol. The Morgan fingerprint density at radius 2 is 2.19 bits per heavy atom. The first kappa shape index (κ1) is 13.3. The van der Waals surface area contributed by atoms with Crippen molar-refractivity contribution in [3.8, 4) is 0 Å². The first-order chi connectivity index (χ1) is 7.38. The molecule has 1 aliphatic heterocycles. The molecule has 0 aromatic rings. The molecule has 0 spiro atoms. The van der Waals surface area contributed by atoms with Crippen LogP contribution < -0.4 is 10.6 Å². The molecule has 0 bridgehead atoms. The van der Waals surface area contributed by atoms with Crippen LogP contribution >= 0.6 is 0 Å². The quantitative estimate of drug-likeness (QED) is 0.781. The number of hydrogen-bond donors (Lipinski definition) is 2. The molecule has 1 heterocycles. The van der Waals surface area contributed by atoms with Crippen molar-refractivity contribution < 1.29 is 18.0 Å². The Bertz CT molecular complexity index is 243. The van der Waals surface area contributed by atoms with Gasteiger partial charge in [-0.25, -0.2) is 0 Å². The SMILES string of the molecule is C[C@H]1CNCC[C@H]1NC(=O)CCC(F)(F)F. The average Bonchev–Trinajstić information content (AvgIpc) is 2.18. The highest BCUT2D eigenvalue weighted by Gasteiger charge is 2.29. The van der Waals surface area contributed by atoms with Crippen LogP contribution in [0.15, 0.2) is 0 Å². The number of nitrogens with one attached hydrogen (secondary N) is 2. The molecule has 1 saturated heterocycles. The fourth-order valence-corrected chi connectivity index (χ4v) is 1.76. The molecule has 0 aromatic heterocycles. The van der Waals surface area contributed by atoms with E-state index >= 15 is 0 Å². The molecule has 3 nitrogen and oxygen atoms in total. The van der Waals surface area contributed by atoms with Crippen LogP contribution in [0, 0.1) is 5.92 Å². The first-order valence-corrected chi connectivity index (χ1v) is 5.45. The smallest absolute Gasteiger partial charge is 0.353 e. The van der Waals surface area contributed by atoms with Gasteiger partial charge >= 0.3 is 6.18 Å². The Hall–Kier alpha value is -0.780. The van der Waals surface area contributed by atoms with Gasteiger partial charge in [0.1, 0.15) is 0 Å². The van der Waals surface area contributed by atoms with Crippen LogP contribution in [0.25, 0.3) is 0 Å². The average molecular weight is 238 g/mol. The molecule has 16 heavy (non-hydrogen) atoms. The van der Waals surface area contributed by atoms with Gasteiger partial charge in [-0.3, -0.25) is 4.79 Å². The van der Waals surface area contributed by atoms with Crippen LogP contribution in [0.2, 0.25) is 0 Å². The van der Waals surface area contributed by atoms with Gasteiger partial charge in [0, 0.05) is 12.5 Å². The number of hydrogen-bond acceptors (Lipinski definition) is 2. The van der Waals surface area contributed by atoms with E-state index in [0.29, 0.717) is 0 Å². The number of carbonyl (C=O) groups is 1. The largest absolute Gasteiger partial charge is 0.389 e. The Labute approximate surface area is 92.8 Å². The highest BCUT2D eigenvalue weighted by Crippen LogP contribution is 2.21. The van der Waals surface area contributed by atoms with Crippen LogP contribution in [0.3, 0.4) is 0 Å². The van der Waals surface area contributed by atoms with Crippen molar-refractivity contribution in [2.75, 3.05) is 13.1 Å². The van der Waals surface area contributed by atoms with E-state index in [-0.39, 0.29) is 12.0 Å². The number of amides is 1. The van der Waals surface area contributed by atoms with Gasteiger partial charge in [-0.2, -0.15) is 13.2 Å². The summed E-state index contributed by atoms with van der Waals surface area (Å²) in [6.45, 7) is 3.57. The zero-order chi connectivity index (χ0) is 12.2. The summed E-state index contributed by atoms with van der Waals surface area (Å²) in [6.07, 6.45) is -4.99. The zero-order valence-corrected chi connectivity index (χ0v) is 9.23. The van der Waals surface area contributed by atoms with E-state index in [0.717, 1.165) is 19.5 Å². The Kier molecular flexibility index (Phi) is 4.58. The van der Waals surface area contributed by atoms with Crippen molar-refractivity contribution in [1.29, 1.82) is 0 Å². The Morgan fingerprint density at radius 1 is 1.50 bits per heavy atom. The predicted molar refractivity (Wildman–Crippen MR) is 53.9 cm³/mol. The molecule has 94 valence electrons. The number of rotatable bonds is 3. The molecule has 1 rings (SSSR count). The third kappa shape index (κ3) is 4.83. The van der Waals surface area contributed by atoms with E-state index in [2.05, 4.69) is 10.6 Å². The molecule has 0 aromatic carbocycles. The van der Waals surface area contributed by atoms with Crippen LogP contribution in [0.5, 0.6) is 0 Å². The lowest BCUT2D eigenvalue weighted by atomic mass is 9.95. The molecule has 2 N–H and O–H groups in total. The lowest BCUT2D eigenvalue weighted by Crippen LogP contribution is -2.48. The third-order valence-electron chi connectivity index (χ3n) is 2.77. The van der Waals surface area contributed by atoms with Crippen LogP contribution in [0.1, 0.15) is 26.2 Å². The number of halogens is 3. The summed E-state index contributed by atoms with van der Waals surface area (Å²) >= 11 is 0. The first-order valence-electron chi connectivity index (χ1n) is 5.45. The fourth-order valence-electron chi connectivity index (χ4n) is 1.76. The van der Waals surface area contributed by atoms with Crippen molar-refractivity contribution >= 4 is 5.91 Å². The second kappa shape index (κ2) is 5.52. The number of piperidine rings is 1. The molecule has 0 unspecified atom stereocenters. The van der Waals surface area contributed by atoms with Gasteiger partial charge in [0.2, 0.25) is 5.91 Å². The van der Waals surface area contributed by atoms with Gasteiger partial charge in [0.25, 0.3) is 0 Å². The van der Waals surface area contributed by atoms with Gasteiger partial charge < -0.3 is 10.6 Å². The van der Waals surface area contributed by atoms with Crippen LogP contribution in [-0.2, 0) is 4.79 Å². The molecule has 6 heteroatoms. The van der Waals surface area contributed by atoms with E-state index in [4.69, 9.17) is 0 Å². The lowest BCUT2D eigenvalue weighted by Gasteiger charge is -2.30. The standard InChI is InChI=1S/C10H17F3N2O/c1-7-6-14-5-3-8(7)15-9(16)2-4-10(11,12)13/h7-8,14H,2-6H2,1H3,(H,15,16)/t7-,8+/m0/s1. The molecule has 0 saturated carbocycles. The van der Waals surface area contributed by atoms with Gasteiger partial charge in [-0.1, -0.05) is 6.92 Å². The minimum atomic E-state index is -4.25. The van der Waals surface area contributed by atoms with Crippen molar-refractivity contribution in [2.24, 2.45) is 5.92 Å². The van der Waals surface area contributed by atoms with E-state index in [1.165, 1.54) is 0 Å². The van der Waals surface area contributed by atoms with Crippen LogP contribution in [-0.4, -0.2) is 31.2 Å². The zero-order valence-electron chi connectivity index (χ0n) is 9.23. The summed E-state index contributed by atoms with van der Waals surface area (Å²) in [4.78, 5) is 11.3. The molecule has 1 aliphatic rings. The fraction of sp³-hybridized carbons (Fsp3) is 0.900. The lowest BCUT2D eigenvalue weighted by molar-refractivity contribution is -0.144. The maximum atomic E-state index is 11.9. The maximum Gasteiger partial charge on any atom is 0.389 e. The van der Waals surface area contributed by atoms with Gasteiger partial charge in [-0.15, -0.1) is 0 Å². The van der Waals surface area contributed by atoms with Gasteiger partial charge in [0.15, 0.2) is 0 Å². The van der Waals surface area contributed by atoms with Gasteiger partial charge in [-0.05, 0) is 25.4 Å². The molecule has 1 fully saturated rings. The Balaban J connectivity index is 2.28. The summed E-state index contributed by atoms with van der Waals surface area (Å²) in [5.74, 6) is -0.236. The topological polar surface area (TPSA) is 41.1 Å².